The first-order valence-corrected chi connectivity index (χ1v) is 11.4. The number of aromatic nitrogens is 3. The molecule has 3 aromatic heterocycles. The molecule has 1 amide bonds. The Balaban J connectivity index is 1.54. The predicted molar refractivity (Wildman–Crippen MR) is 124 cm³/mol. The number of anilines is 1. The van der Waals surface area contributed by atoms with E-state index in [1.54, 1.807) is 26.2 Å². The molecule has 10 heteroatoms. The van der Waals surface area contributed by atoms with E-state index < -0.39 is 24.7 Å². The van der Waals surface area contributed by atoms with Crippen LogP contribution in [0.5, 0.6) is 5.75 Å². The van der Waals surface area contributed by atoms with Crippen LogP contribution < -0.4 is 15.4 Å². The predicted octanol–water partition coefficient (Wildman–Crippen LogP) is 5.06. The lowest BCUT2D eigenvalue weighted by Crippen LogP contribution is -2.46. The maximum absolute atomic E-state index is 12.5. The molecule has 1 atom stereocenters. The van der Waals surface area contributed by atoms with Gasteiger partial charge in [-0.05, 0) is 43.7 Å². The van der Waals surface area contributed by atoms with Gasteiger partial charge in [-0.2, -0.15) is 13.2 Å². The number of pyridine rings is 2. The van der Waals surface area contributed by atoms with Crippen LogP contribution in [-0.4, -0.2) is 45.7 Å². The van der Waals surface area contributed by atoms with Crippen molar-refractivity contribution in [2.24, 2.45) is 5.92 Å². The van der Waals surface area contributed by atoms with Crippen LogP contribution in [0.25, 0.3) is 22.2 Å². The zero-order valence-electron chi connectivity index (χ0n) is 19.1. The molecule has 182 valence electrons. The summed E-state index contributed by atoms with van der Waals surface area (Å²) in [6.45, 7) is 2.15. The van der Waals surface area contributed by atoms with E-state index in [1.807, 2.05) is 23.6 Å². The van der Waals surface area contributed by atoms with E-state index in [1.165, 1.54) is 19.0 Å². The highest BCUT2D eigenvalue weighted by atomic mass is 19.4. The van der Waals surface area contributed by atoms with Crippen LogP contribution in [-0.2, 0) is 4.79 Å². The Kier molecular flexibility index (Phi) is 6.95. The number of rotatable bonds is 8. The minimum absolute atomic E-state index is 0.215. The first-order valence-electron chi connectivity index (χ1n) is 11.4. The summed E-state index contributed by atoms with van der Waals surface area (Å²) in [7, 11) is 0. The fourth-order valence-electron chi connectivity index (χ4n) is 4.16. The molecule has 0 saturated heterocycles. The number of halogens is 3. The van der Waals surface area contributed by atoms with Gasteiger partial charge in [0.25, 0.3) is 0 Å². The maximum Gasteiger partial charge on any atom is 0.405 e. The van der Waals surface area contributed by atoms with Crippen molar-refractivity contribution in [1.82, 2.24) is 20.3 Å². The lowest BCUT2D eigenvalue weighted by molar-refractivity contribution is -0.139. The van der Waals surface area contributed by atoms with Crippen LogP contribution in [0, 0.1) is 5.92 Å². The van der Waals surface area contributed by atoms with Gasteiger partial charge in [0.15, 0.2) is 0 Å². The number of hydrogen-bond donors (Lipinski definition) is 3. The van der Waals surface area contributed by atoms with Gasteiger partial charge in [-0.3, -0.25) is 9.78 Å². The lowest BCUT2D eigenvalue weighted by atomic mass is 10.0. The summed E-state index contributed by atoms with van der Waals surface area (Å²) < 4.78 is 43.7. The van der Waals surface area contributed by atoms with Crippen molar-refractivity contribution in [2.45, 2.75) is 57.9 Å². The van der Waals surface area contributed by atoms with E-state index in [2.05, 4.69) is 20.3 Å². The van der Waals surface area contributed by atoms with Crippen LogP contribution in [0.3, 0.4) is 0 Å². The third kappa shape index (κ3) is 5.78. The third-order valence-electron chi connectivity index (χ3n) is 5.89. The molecule has 1 saturated carbocycles. The standard InChI is InChI=1S/C24H28F3N5O2/c1-14(2)21(23(33)31-13-24(25,26)27)32-16-7-15(9-28-10-16)20-12-30-22-19(20)8-18(11-29-22)34-17-5-3-4-6-17/h7-12,14,17,21,32H,3-6,13H2,1-2H3,(H,29,30)(H,31,33). The van der Waals surface area contributed by atoms with Crippen LogP contribution >= 0.6 is 0 Å². The summed E-state index contributed by atoms with van der Waals surface area (Å²) in [6, 6.07) is 2.91. The number of nitrogens with one attached hydrogen (secondary N) is 3. The van der Waals surface area contributed by atoms with Gasteiger partial charge < -0.3 is 20.4 Å². The first kappa shape index (κ1) is 23.8. The summed E-state index contributed by atoms with van der Waals surface area (Å²) in [4.78, 5) is 24.3. The van der Waals surface area contributed by atoms with Crippen molar-refractivity contribution in [2.75, 3.05) is 11.9 Å². The Labute approximate surface area is 195 Å². The number of hydrogen-bond acceptors (Lipinski definition) is 5. The molecule has 1 fully saturated rings. The Bertz CT molecular complexity index is 1140. The van der Waals surface area contributed by atoms with Crippen molar-refractivity contribution in [3.63, 3.8) is 0 Å². The van der Waals surface area contributed by atoms with Gasteiger partial charge in [-0.15, -0.1) is 0 Å². The SMILES string of the molecule is CC(C)C(Nc1cncc(-c2c[nH]c3ncc(OC4CCCC4)cc23)c1)C(=O)NCC(F)(F)F. The molecule has 3 N–H and O–H groups in total. The summed E-state index contributed by atoms with van der Waals surface area (Å²) >= 11 is 0. The first-order chi connectivity index (χ1) is 16.2. The van der Waals surface area contributed by atoms with E-state index >= 15 is 0 Å². The van der Waals surface area contributed by atoms with Crippen LogP contribution in [0.15, 0.2) is 36.9 Å². The van der Waals surface area contributed by atoms with E-state index in [0.29, 0.717) is 17.1 Å². The number of alkyl halides is 3. The number of ether oxygens (including phenoxy) is 1. The molecule has 3 aromatic rings. The Morgan fingerprint density at radius 2 is 1.97 bits per heavy atom. The van der Waals surface area contributed by atoms with E-state index in [0.717, 1.165) is 29.4 Å². The zero-order valence-corrected chi connectivity index (χ0v) is 19.1. The highest BCUT2D eigenvalue weighted by molar-refractivity contribution is 5.94. The third-order valence-corrected chi connectivity index (χ3v) is 5.89. The van der Waals surface area contributed by atoms with Crippen LogP contribution in [0.2, 0.25) is 0 Å². The molecule has 0 bridgehead atoms. The average Bonchev–Trinajstić information content (AvgIpc) is 3.45. The molecule has 0 spiro atoms. The molecule has 0 radical (unpaired) electrons. The smallest absolute Gasteiger partial charge is 0.405 e. The second-order valence-corrected chi connectivity index (χ2v) is 8.96. The van der Waals surface area contributed by atoms with Crippen molar-refractivity contribution in [3.05, 3.63) is 36.9 Å². The number of amides is 1. The minimum atomic E-state index is -4.47. The molecule has 4 rings (SSSR count). The fraction of sp³-hybridized carbons (Fsp3) is 0.458. The Morgan fingerprint density at radius 3 is 2.68 bits per heavy atom. The fourth-order valence-corrected chi connectivity index (χ4v) is 4.16. The second-order valence-electron chi connectivity index (χ2n) is 8.96. The molecule has 7 nitrogen and oxygen atoms in total. The number of nitrogens with zero attached hydrogens (tertiary/aromatic N) is 2. The van der Waals surface area contributed by atoms with E-state index in [4.69, 9.17) is 4.74 Å². The average molecular weight is 476 g/mol. The molecule has 1 aliphatic rings. The number of fused-ring (bicyclic) bond motifs is 1. The Hall–Kier alpha value is -3.30. The minimum Gasteiger partial charge on any atom is -0.489 e. The van der Waals surface area contributed by atoms with E-state index in [9.17, 15) is 18.0 Å². The topological polar surface area (TPSA) is 91.9 Å². The number of carbonyl (C=O) groups excluding carboxylic acids is 1. The zero-order chi connectivity index (χ0) is 24.3. The van der Waals surface area contributed by atoms with Gasteiger partial charge in [-0.1, -0.05) is 13.8 Å². The van der Waals surface area contributed by atoms with Gasteiger partial charge in [0.1, 0.15) is 24.0 Å². The number of H-pyrrole nitrogens is 1. The number of carbonyl (C=O) groups is 1. The maximum atomic E-state index is 12.5. The highest BCUT2D eigenvalue weighted by Gasteiger charge is 2.30. The monoisotopic (exact) mass is 475 g/mol. The van der Waals surface area contributed by atoms with Crippen molar-refractivity contribution in [3.8, 4) is 16.9 Å². The lowest BCUT2D eigenvalue weighted by Gasteiger charge is -2.23. The summed E-state index contributed by atoms with van der Waals surface area (Å²) in [5.41, 5.74) is 2.87. The summed E-state index contributed by atoms with van der Waals surface area (Å²) in [5.74, 6) is -0.254. The quantitative estimate of drug-likeness (QED) is 0.424. The van der Waals surface area contributed by atoms with Gasteiger partial charge >= 0.3 is 6.18 Å². The van der Waals surface area contributed by atoms with Crippen molar-refractivity contribution >= 4 is 22.6 Å². The largest absolute Gasteiger partial charge is 0.489 e. The molecular weight excluding hydrogens is 447 g/mol. The molecular formula is C24H28F3N5O2. The molecule has 0 aliphatic heterocycles. The molecule has 1 aliphatic carbocycles. The van der Waals surface area contributed by atoms with Crippen LogP contribution in [0.1, 0.15) is 39.5 Å². The van der Waals surface area contributed by atoms with Gasteiger partial charge in [-0.25, -0.2) is 4.98 Å². The number of aromatic amines is 1. The van der Waals surface area contributed by atoms with Gasteiger partial charge in [0.05, 0.1) is 18.0 Å². The molecule has 1 unspecified atom stereocenters. The van der Waals surface area contributed by atoms with Gasteiger partial charge in [0.2, 0.25) is 5.91 Å². The highest BCUT2D eigenvalue weighted by Crippen LogP contribution is 2.32. The second kappa shape index (κ2) is 9.90. The Morgan fingerprint density at radius 1 is 1.21 bits per heavy atom. The molecule has 0 aromatic carbocycles. The normalized spacial score (nSPS) is 15.6. The van der Waals surface area contributed by atoms with Crippen LogP contribution in [0.4, 0.5) is 18.9 Å². The van der Waals surface area contributed by atoms with Crippen molar-refractivity contribution in [1.29, 1.82) is 0 Å². The summed E-state index contributed by atoms with van der Waals surface area (Å²) in [6.07, 6.45) is 6.95. The molecule has 3 heterocycles. The van der Waals surface area contributed by atoms with Crippen molar-refractivity contribution < 1.29 is 22.7 Å². The summed E-state index contributed by atoms with van der Waals surface area (Å²) in [5, 5.41) is 5.86. The van der Waals surface area contributed by atoms with E-state index in [-0.39, 0.29) is 12.0 Å². The van der Waals surface area contributed by atoms with Gasteiger partial charge in [0, 0.05) is 35.1 Å². The molecule has 34 heavy (non-hydrogen) atoms.